The van der Waals surface area contributed by atoms with Crippen molar-refractivity contribution in [3.8, 4) is 0 Å². The van der Waals surface area contributed by atoms with Crippen molar-refractivity contribution in [2.24, 2.45) is 11.3 Å². The summed E-state index contributed by atoms with van der Waals surface area (Å²) >= 11 is 0. The van der Waals surface area contributed by atoms with Crippen LogP contribution in [0.4, 0.5) is 0 Å². The van der Waals surface area contributed by atoms with Crippen LogP contribution in [-0.2, 0) is 4.74 Å². The van der Waals surface area contributed by atoms with Crippen molar-refractivity contribution in [2.75, 3.05) is 13.2 Å². The molecule has 1 saturated carbocycles. The maximum Gasteiger partial charge on any atom is 0.0518 e. The summed E-state index contributed by atoms with van der Waals surface area (Å²) < 4.78 is 5.55. The van der Waals surface area contributed by atoms with Gasteiger partial charge in [-0.1, -0.05) is 20.8 Å². The molecule has 2 unspecified atom stereocenters. The maximum absolute atomic E-state index is 5.55. The highest BCUT2D eigenvalue weighted by Crippen LogP contribution is 2.38. The Morgan fingerprint density at radius 3 is 2.65 bits per heavy atom. The Morgan fingerprint density at radius 2 is 2.06 bits per heavy atom. The molecule has 1 aliphatic rings. The van der Waals surface area contributed by atoms with Crippen LogP contribution in [0.3, 0.4) is 0 Å². The van der Waals surface area contributed by atoms with E-state index in [4.69, 9.17) is 4.74 Å². The molecular weight excluding hydrogens is 210 g/mol. The summed E-state index contributed by atoms with van der Waals surface area (Å²) in [6.07, 6.45) is 5.54. The highest BCUT2D eigenvalue weighted by molar-refractivity contribution is 4.86. The van der Waals surface area contributed by atoms with Gasteiger partial charge < -0.3 is 10.1 Å². The van der Waals surface area contributed by atoms with Gasteiger partial charge in [-0.2, -0.15) is 0 Å². The Morgan fingerprint density at radius 1 is 1.35 bits per heavy atom. The van der Waals surface area contributed by atoms with E-state index in [9.17, 15) is 0 Å². The number of hydrogen-bond acceptors (Lipinski definition) is 2. The van der Waals surface area contributed by atoms with E-state index < -0.39 is 0 Å². The van der Waals surface area contributed by atoms with Gasteiger partial charge in [0.1, 0.15) is 0 Å². The van der Waals surface area contributed by atoms with Gasteiger partial charge in [0.2, 0.25) is 0 Å². The van der Waals surface area contributed by atoms with Gasteiger partial charge in [0.15, 0.2) is 0 Å². The van der Waals surface area contributed by atoms with Crippen molar-refractivity contribution < 1.29 is 4.74 Å². The molecule has 2 nitrogen and oxygen atoms in total. The predicted molar refractivity (Wildman–Crippen MR) is 74.3 cm³/mol. The molecule has 2 heteroatoms. The molecule has 1 fully saturated rings. The molecule has 0 spiro atoms. The summed E-state index contributed by atoms with van der Waals surface area (Å²) in [5, 5.41) is 3.70. The average Bonchev–Trinajstić information content (AvgIpc) is 2.19. The van der Waals surface area contributed by atoms with Crippen LogP contribution in [0.1, 0.15) is 60.3 Å². The molecule has 102 valence electrons. The van der Waals surface area contributed by atoms with Gasteiger partial charge in [0.25, 0.3) is 0 Å². The van der Waals surface area contributed by atoms with Crippen molar-refractivity contribution in [2.45, 2.75) is 72.4 Å². The molecule has 17 heavy (non-hydrogen) atoms. The minimum Gasteiger partial charge on any atom is -0.379 e. The Kier molecular flexibility index (Phi) is 5.94. The van der Waals surface area contributed by atoms with Crippen LogP contribution >= 0.6 is 0 Å². The van der Waals surface area contributed by atoms with Crippen molar-refractivity contribution in [3.05, 3.63) is 0 Å². The van der Waals surface area contributed by atoms with Crippen LogP contribution in [0.15, 0.2) is 0 Å². The van der Waals surface area contributed by atoms with Gasteiger partial charge in [0, 0.05) is 12.6 Å². The highest BCUT2D eigenvalue weighted by atomic mass is 16.5. The van der Waals surface area contributed by atoms with Crippen LogP contribution in [0, 0.1) is 11.3 Å². The predicted octanol–water partition coefficient (Wildman–Crippen LogP) is 3.61. The van der Waals surface area contributed by atoms with Gasteiger partial charge in [-0.3, -0.25) is 0 Å². The Hall–Kier alpha value is -0.0800. The van der Waals surface area contributed by atoms with Crippen LogP contribution in [0.5, 0.6) is 0 Å². The normalized spacial score (nSPS) is 28.6. The van der Waals surface area contributed by atoms with E-state index in [-0.39, 0.29) is 0 Å². The molecule has 0 amide bonds. The molecule has 0 aliphatic heterocycles. The first kappa shape index (κ1) is 15.0. The van der Waals surface area contributed by atoms with E-state index in [1.54, 1.807) is 0 Å². The summed E-state index contributed by atoms with van der Waals surface area (Å²) in [6, 6.07) is 0.724. The first-order chi connectivity index (χ1) is 7.91. The summed E-state index contributed by atoms with van der Waals surface area (Å²) in [6.45, 7) is 13.4. The SMILES string of the molecule is CC(C)OCCCNC1CCC(C)(C)CC1C. The van der Waals surface area contributed by atoms with E-state index in [1.807, 2.05) is 0 Å². The smallest absolute Gasteiger partial charge is 0.0518 e. The van der Waals surface area contributed by atoms with Crippen molar-refractivity contribution in [3.63, 3.8) is 0 Å². The number of ether oxygens (including phenoxy) is 1. The Bertz CT molecular complexity index is 213. The van der Waals surface area contributed by atoms with E-state index in [0.29, 0.717) is 11.5 Å². The molecule has 0 radical (unpaired) electrons. The molecule has 0 aromatic carbocycles. The molecule has 0 bridgehead atoms. The lowest BCUT2D eigenvalue weighted by Crippen LogP contribution is -2.42. The second kappa shape index (κ2) is 6.75. The summed E-state index contributed by atoms with van der Waals surface area (Å²) in [4.78, 5) is 0. The van der Waals surface area contributed by atoms with Crippen molar-refractivity contribution in [1.29, 1.82) is 0 Å². The highest BCUT2D eigenvalue weighted by Gasteiger charge is 2.31. The lowest BCUT2D eigenvalue weighted by molar-refractivity contribution is 0.0749. The summed E-state index contributed by atoms with van der Waals surface area (Å²) in [7, 11) is 0. The van der Waals surface area contributed by atoms with Gasteiger partial charge in [-0.05, 0) is 57.4 Å². The quantitative estimate of drug-likeness (QED) is 0.717. The molecule has 1 aliphatic carbocycles. The van der Waals surface area contributed by atoms with Crippen molar-refractivity contribution in [1.82, 2.24) is 5.32 Å². The van der Waals surface area contributed by atoms with Gasteiger partial charge >= 0.3 is 0 Å². The Labute approximate surface area is 108 Å². The third-order valence-electron chi connectivity index (χ3n) is 3.87. The molecule has 1 N–H and O–H groups in total. The summed E-state index contributed by atoms with van der Waals surface area (Å²) in [5.74, 6) is 0.810. The van der Waals surface area contributed by atoms with Crippen LogP contribution in [-0.4, -0.2) is 25.3 Å². The maximum atomic E-state index is 5.55. The first-order valence-corrected chi connectivity index (χ1v) is 7.26. The fourth-order valence-electron chi connectivity index (χ4n) is 2.93. The molecule has 1 rings (SSSR count). The van der Waals surface area contributed by atoms with Crippen LogP contribution in [0.25, 0.3) is 0 Å². The minimum absolute atomic E-state index is 0.365. The molecular formula is C15H31NO. The van der Waals surface area contributed by atoms with Gasteiger partial charge in [-0.15, -0.1) is 0 Å². The lowest BCUT2D eigenvalue weighted by Gasteiger charge is -2.39. The molecule has 2 atom stereocenters. The average molecular weight is 241 g/mol. The Balaban J connectivity index is 2.12. The van der Waals surface area contributed by atoms with E-state index >= 15 is 0 Å². The van der Waals surface area contributed by atoms with E-state index in [0.717, 1.165) is 31.5 Å². The second-order valence-electron chi connectivity index (χ2n) is 6.72. The molecule has 0 aromatic rings. The monoisotopic (exact) mass is 241 g/mol. The van der Waals surface area contributed by atoms with Crippen molar-refractivity contribution >= 4 is 0 Å². The largest absolute Gasteiger partial charge is 0.379 e. The van der Waals surface area contributed by atoms with Crippen LogP contribution in [0.2, 0.25) is 0 Å². The fraction of sp³-hybridized carbons (Fsp3) is 1.00. The summed E-state index contributed by atoms with van der Waals surface area (Å²) in [5.41, 5.74) is 0.554. The molecule has 0 saturated heterocycles. The second-order valence-corrected chi connectivity index (χ2v) is 6.72. The molecule has 0 aromatic heterocycles. The lowest BCUT2D eigenvalue weighted by atomic mass is 9.70. The third kappa shape index (κ3) is 5.87. The first-order valence-electron chi connectivity index (χ1n) is 7.26. The van der Waals surface area contributed by atoms with Gasteiger partial charge in [0.05, 0.1) is 6.10 Å². The molecule has 0 heterocycles. The van der Waals surface area contributed by atoms with E-state index in [1.165, 1.54) is 19.3 Å². The number of hydrogen-bond donors (Lipinski definition) is 1. The number of nitrogens with one attached hydrogen (secondary N) is 1. The zero-order valence-electron chi connectivity index (χ0n) is 12.4. The van der Waals surface area contributed by atoms with Crippen LogP contribution < -0.4 is 5.32 Å². The third-order valence-corrected chi connectivity index (χ3v) is 3.87. The zero-order chi connectivity index (χ0) is 12.9. The topological polar surface area (TPSA) is 21.3 Å². The minimum atomic E-state index is 0.365. The number of rotatable bonds is 6. The standard InChI is InChI=1S/C15H31NO/c1-12(2)17-10-6-9-16-14-7-8-15(4,5)11-13(14)3/h12-14,16H,6-11H2,1-5H3. The van der Waals surface area contributed by atoms with Gasteiger partial charge in [-0.25, -0.2) is 0 Å². The zero-order valence-corrected chi connectivity index (χ0v) is 12.4. The fourth-order valence-corrected chi connectivity index (χ4v) is 2.93. The van der Waals surface area contributed by atoms with E-state index in [2.05, 4.69) is 39.9 Å².